The van der Waals surface area contributed by atoms with Crippen molar-refractivity contribution in [3.8, 4) is 5.75 Å². The van der Waals surface area contributed by atoms with Gasteiger partial charge in [-0.1, -0.05) is 30.2 Å². The number of rotatable bonds is 6. The maximum Gasteiger partial charge on any atom is 0.416 e. The number of hydrogen-bond donors (Lipinski definition) is 1. The molecule has 0 radical (unpaired) electrons. The molecule has 0 spiro atoms. The van der Waals surface area contributed by atoms with Crippen LogP contribution in [0, 0.1) is 0 Å². The lowest BCUT2D eigenvalue weighted by molar-refractivity contribution is -0.137. The highest BCUT2D eigenvalue weighted by atomic mass is 19.4. The van der Waals surface area contributed by atoms with Gasteiger partial charge in [0.25, 0.3) is 0 Å². The molecule has 0 saturated heterocycles. The van der Waals surface area contributed by atoms with Crippen LogP contribution in [0.1, 0.15) is 41.4 Å². The van der Waals surface area contributed by atoms with Gasteiger partial charge in [-0.15, -0.1) is 0 Å². The Hall–Kier alpha value is -2.01. The Kier molecular flexibility index (Phi) is 2.07. The summed E-state index contributed by atoms with van der Waals surface area (Å²) >= 11 is 0. The molecule has 0 aliphatic rings. The van der Waals surface area contributed by atoms with Crippen molar-refractivity contribution < 1.29 is 35.7 Å². The van der Waals surface area contributed by atoms with Crippen LogP contribution in [0.3, 0.4) is 0 Å². The first kappa shape index (κ1) is 6.24. The molecular weight excluding hydrogens is 291 g/mol. The summed E-state index contributed by atoms with van der Waals surface area (Å²) in [6.07, 6.45) is -8.87. The van der Waals surface area contributed by atoms with E-state index in [1.807, 2.05) is 5.32 Å². The SMILES string of the molecule is [2H]c1c([2H])c([2H])c(C([2H])(CCNC([2H])([2H])[2H])Oc2c([2H])c([2H])c(C(F)(F)F)c([2H])c2[2H])c([2H])c1[2H]. The van der Waals surface area contributed by atoms with E-state index in [2.05, 4.69) is 0 Å². The van der Waals surface area contributed by atoms with E-state index in [1.165, 1.54) is 0 Å². The summed E-state index contributed by atoms with van der Waals surface area (Å²) in [6, 6.07) is -10.2. The zero-order chi connectivity index (χ0) is 27.3. The van der Waals surface area contributed by atoms with Crippen molar-refractivity contribution in [2.45, 2.75) is 18.7 Å². The van der Waals surface area contributed by atoms with Crippen LogP contribution in [0.15, 0.2) is 54.4 Å². The molecule has 1 N–H and O–H groups in total. The second-order valence-electron chi connectivity index (χ2n) is 3.90. The summed E-state index contributed by atoms with van der Waals surface area (Å²) in [5.74, 6) is -1.15. The van der Waals surface area contributed by atoms with E-state index >= 15 is 0 Å². The Balaban J connectivity index is 2.79. The van der Waals surface area contributed by atoms with Gasteiger partial charge in [0.05, 0.1) is 19.3 Å². The largest absolute Gasteiger partial charge is 0.486 e. The van der Waals surface area contributed by atoms with Crippen LogP contribution in [0.4, 0.5) is 13.2 Å². The maximum absolute atomic E-state index is 13.3. The molecule has 5 heteroatoms. The Morgan fingerprint density at radius 3 is 2.45 bits per heavy atom. The smallest absolute Gasteiger partial charge is 0.416 e. The van der Waals surface area contributed by atoms with Crippen LogP contribution in [-0.2, 0) is 6.18 Å². The lowest BCUT2D eigenvalue weighted by Crippen LogP contribution is -2.16. The Bertz CT molecular complexity index is 1090. The first-order valence-corrected chi connectivity index (χ1v) is 5.93. The van der Waals surface area contributed by atoms with E-state index in [-0.39, 0.29) is 0 Å². The highest BCUT2D eigenvalue weighted by Gasteiger charge is 2.30. The van der Waals surface area contributed by atoms with Crippen molar-refractivity contribution in [3.05, 3.63) is 65.5 Å². The monoisotopic (exact) mass is 322 g/mol. The Morgan fingerprint density at radius 2 is 1.86 bits per heavy atom. The molecule has 118 valence electrons. The van der Waals surface area contributed by atoms with Gasteiger partial charge in [-0.25, -0.2) is 0 Å². The molecular formula is C17H18F3NO. The standard InChI is InChI=1S/C17H18F3NO/c1-21-12-11-16(13-5-3-2-4-6-13)22-15-9-7-14(8-10-15)17(18,19)20/h2-10,16,21H,11-12H2,1H3/i1D3,2D,3D,4D,5D,6D,7D,8D,9D,10D,16D. The fourth-order valence-corrected chi connectivity index (χ4v) is 1.41. The van der Waals surface area contributed by atoms with Crippen LogP contribution in [0.2, 0.25) is 0 Å². The van der Waals surface area contributed by atoms with Crippen LogP contribution < -0.4 is 10.1 Å². The minimum Gasteiger partial charge on any atom is -0.486 e. The Morgan fingerprint density at radius 1 is 1.18 bits per heavy atom. The summed E-state index contributed by atoms with van der Waals surface area (Å²) in [7, 11) is 0. The molecule has 0 saturated carbocycles. The van der Waals surface area contributed by atoms with Crippen molar-refractivity contribution in [1.82, 2.24) is 5.32 Å². The fourth-order valence-electron chi connectivity index (χ4n) is 1.41. The predicted octanol–water partition coefficient (Wildman–Crippen LogP) is 4.44. The Labute approximate surface area is 146 Å². The number of benzene rings is 2. The summed E-state index contributed by atoms with van der Waals surface area (Å²) in [5, 5.41) is 2.02. The third-order valence-electron chi connectivity index (χ3n) is 2.37. The molecule has 22 heavy (non-hydrogen) atoms. The molecule has 0 amide bonds. The molecule has 0 aliphatic carbocycles. The average Bonchev–Trinajstić information content (AvgIpc) is 2.71. The minimum absolute atomic E-state index is 0.592. The predicted molar refractivity (Wildman–Crippen MR) is 79.8 cm³/mol. The highest BCUT2D eigenvalue weighted by Crippen LogP contribution is 2.31. The molecule has 1 unspecified atom stereocenters. The number of hydrogen-bond acceptors (Lipinski definition) is 2. The van der Waals surface area contributed by atoms with Crippen molar-refractivity contribution in [3.63, 3.8) is 0 Å². The van der Waals surface area contributed by atoms with Crippen LogP contribution in [-0.4, -0.2) is 13.5 Å². The van der Waals surface area contributed by atoms with Crippen LogP contribution in [0.5, 0.6) is 5.75 Å². The lowest BCUT2D eigenvalue weighted by atomic mass is 10.1. The fraction of sp³-hybridized carbons (Fsp3) is 0.294. The lowest BCUT2D eigenvalue weighted by Gasteiger charge is -2.20. The molecule has 0 heterocycles. The van der Waals surface area contributed by atoms with Crippen LogP contribution in [0.25, 0.3) is 0 Å². The van der Waals surface area contributed by atoms with E-state index in [1.54, 1.807) is 0 Å². The second-order valence-corrected chi connectivity index (χ2v) is 3.90. The van der Waals surface area contributed by atoms with E-state index in [0.717, 1.165) is 0 Å². The van der Waals surface area contributed by atoms with Gasteiger partial charge in [0, 0.05) is 10.5 Å². The zero-order valence-electron chi connectivity index (χ0n) is 24.0. The molecule has 2 aromatic carbocycles. The maximum atomic E-state index is 13.3. The summed E-state index contributed by atoms with van der Waals surface area (Å²) < 4.78 is 146. The number of alkyl halides is 3. The van der Waals surface area contributed by atoms with Crippen molar-refractivity contribution >= 4 is 0 Å². The van der Waals surface area contributed by atoms with Crippen molar-refractivity contribution in [1.29, 1.82) is 0 Å². The van der Waals surface area contributed by atoms with Gasteiger partial charge in [0.1, 0.15) is 11.8 Å². The highest BCUT2D eigenvalue weighted by molar-refractivity contribution is 5.30. The third kappa shape index (κ3) is 4.49. The quantitative estimate of drug-likeness (QED) is 0.849. The molecule has 0 bridgehead atoms. The van der Waals surface area contributed by atoms with E-state index in [4.69, 9.17) is 22.6 Å². The van der Waals surface area contributed by atoms with Gasteiger partial charge < -0.3 is 10.1 Å². The van der Waals surface area contributed by atoms with Gasteiger partial charge in [-0.05, 0) is 43.3 Å². The molecule has 2 nitrogen and oxygen atoms in total. The van der Waals surface area contributed by atoms with Gasteiger partial charge in [-0.3, -0.25) is 0 Å². The molecule has 0 fully saturated rings. The van der Waals surface area contributed by atoms with Gasteiger partial charge in [0.15, 0.2) is 0 Å². The minimum atomic E-state index is -5.26. The zero-order valence-corrected chi connectivity index (χ0v) is 11.0. The van der Waals surface area contributed by atoms with Crippen molar-refractivity contribution in [2.75, 3.05) is 13.5 Å². The normalized spacial score (nSPS) is 23.3. The summed E-state index contributed by atoms with van der Waals surface area (Å²) in [4.78, 5) is 0. The average molecular weight is 322 g/mol. The first-order valence-electron chi connectivity index (χ1n) is 12.4. The molecule has 0 aromatic heterocycles. The molecule has 1 atom stereocenters. The van der Waals surface area contributed by atoms with Gasteiger partial charge >= 0.3 is 6.18 Å². The van der Waals surface area contributed by atoms with Crippen molar-refractivity contribution in [2.24, 2.45) is 0 Å². The summed E-state index contributed by atoms with van der Waals surface area (Å²) in [5.41, 5.74) is -2.73. The van der Waals surface area contributed by atoms with Crippen LogP contribution >= 0.6 is 0 Å². The third-order valence-corrected chi connectivity index (χ3v) is 2.37. The number of halogens is 3. The molecule has 2 rings (SSSR count). The molecule has 2 aromatic rings. The summed E-state index contributed by atoms with van der Waals surface area (Å²) in [6.45, 7) is -3.32. The van der Waals surface area contributed by atoms with Gasteiger partial charge in [-0.2, -0.15) is 13.2 Å². The first-order chi connectivity index (χ1) is 15.7. The topological polar surface area (TPSA) is 21.3 Å². The number of ether oxygens (including phenoxy) is 1. The van der Waals surface area contributed by atoms with E-state index in [0.29, 0.717) is 0 Å². The second kappa shape index (κ2) is 7.31. The number of nitrogens with one attached hydrogen (secondary N) is 1. The molecule has 0 aliphatic heterocycles. The van der Waals surface area contributed by atoms with E-state index < -0.39 is 103 Å². The van der Waals surface area contributed by atoms with Gasteiger partial charge in [0.2, 0.25) is 0 Å². The van der Waals surface area contributed by atoms with E-state index in [9.17, 15) is 13.2 Å².